The first kappa shape index (κ1) is 23.8. The van der Waals surface area contributed by atoms with Crippen molar-refractivity contribution < 1.29 is 22.7 Å². The van der Waals surface area contributed by atoms with E-state index in [1.807, 2.05) is 18.6 Å². The number of benzene rings is 2. The Kier molecular flexibility index (Phi) is 7.93. The van der Waals surface area contributed by atoms with E-state index in [9.17, 15) is 18.0 Å². The lowest BCUT2D eigenvalue weighted by atomic mass is 10.2. The summed E-state index contributed by atoms with van der Waals surface area (Å²) in [7, 11) is -3.93. The van der Waals surface area contributed by atoms with Crippen molar-refractivity contribution >= 4 is 60.8 Å². The van der Waals surface area contributed by atoms with Gasteiger partial charge in [0.2, 0.25) is 5.91 Å². The molecule has 0 aliphatic heterocycles. The number of amides is 2. The van der Waals surface area contributed by atoms with Crippen LogP contribution in [-0.4, -0.2) is 31.4 Å². The molecule has 0 aromatic heterocycles. The fourth-order valence-corrected chi connectivity index (χ4v) is 3.90. The standard InChI is InChI=1S/C19H20BrN3O5S2/c1-11(2)28-17-9-4-13(20)10-16(17)18(25)22-19(29)21-14-5-7-15(8-6-14)30(26,27)23-12(3)24/h4-11H,1-3H3,(H,23,24)(H2,21,22,25,29). The van der Waals surface area contributed by atoms with Gasteiger partial charge in [-0.25, -0.2) is 13.1 Å². The first-order valence-corrected chi connectivity index (χ1v) is 11.4. The van der Waals surface area contributed by atoms with Crippen molar-refractivity contribution in [3.63, 3.8) is 0 Å². The number of anilines is 1. The zero-order chi connectivity index (χ0) is 22.5. The van der Waals surface area contributed by atoms with E-state index in [1.165, 1.54) is 24.3 Å². The van der Waals surface area contributed by atoms with Gasteiger partial charge in [-0.2, -0.15) is 0 Å². The van der Waals surface area contributed by atoms with Gasteiger partial charge in [0.1, 0.15) is 5.75 Å². The quantitative estimate of drug-likeness (QED) is 0.508. The molecular formula is C19H20BrN3O5S2. The van der Waals surface area contributed by atoms with E-state index in [0.29, 0.717) is 21.5 Å². The van der Waals surface area contributed by atoms with Crippen LogP contribution in [0.2, 0.25) is 0 Å². The lowest BCUT2D eigenvalue weighted by Gasteiger charge is -2.15. The Balaban J connectivity index is 2.08. The van der Waals surface area contributed by atoms with E-state index in [0.717, 1.165) is 6.92 Å². The Morgan fingerprint density at radius 1 is 1.10 bits per heavy atom. The van der Waals surface area contributed by atoms with Crippen LogP contribution in [0.4, 0.5) is 5.69 Å². The topological polar surface area (TPSA) is 114 Å². The average Bonchev–Trinajstić information content (AvgIpc) is 2.62. The van der Waals surface area contributed by atoms with Gasteiger partial charge < -0.3 is 10.1 Å². The highest BCUT2D eigenvalue weighted by atomic mass is 79.9. The number of hydrogen-bond acceptors (Lipinski definition) is 6. The number of carbonyl (C=O) groups is 2. The van der Waals surface area contributed by atoms with Crippen molar-refractivity contribution in [1.82, 2.24) is 10.0 Å². The van der Waals surface area contributed by atoms with Gasteiger partial charge in [-0.3, -0.25) is 14.9 Å². The summed E-state index contributed by atoms with van der Waals surface area (Å²) in [5.41, 5.74) is 0.758. The molecule has 2 rings (SSSR count). The van der Waals surface area contributed by atoms with Crippen LogP contribution >= 0.6 is 28.1 Å². The van der Waals surface area contributed by atoms with Crippen molar-refractivity contribution in [3.05, 3.63) is 52.5 Å². The van der Waals surface area contributed by atoms with Crippen LogP contribution in [0.15, 0.2) is 51.8 Å². The molecule has 0 aliphatic carbocycles. The molecule has 2 amide bonds. The third-order valence-electron chi connectivity index (χ3n) is 3.48. The fourth-order valence-electron chi connectivity index (χ4n) is 2.33. The van der Waals surface area contributed by atoms with Crippen molar-refractivity contribution in [3.8, 4) is 5.75 Å². The number of carbonyl (C=O) groups excluding carboxylic acids is 2. The molecule has 0 saturated carbocycles. The van der Waals surface area contributed by atoms with Crippen LogP contribution in [0.1, 0.15) is 31.1 Å². The Morgan fingerprint density at radius 3 is 2.30 bits per heavy atom. The molecule has 160 valence electrons. The third-order valence-corrected chi connectivity index (χ3v) is 5.62. The maximum Gasteiger partial charge on any atom is 0.264 e. The number of nitrogens with one attached hydrogen (secondary N) is 3. The molecule has 0 aliphatic rings. The molecule has 30 heavy (non-hydrogen) atoms. The molecule has 11 heteroatoms. The van der Waals surface area contributed by atoms with Crippen molar-refractivity contribution in [1.29, 1.82) is 0 Å². The molecule has 0 bridgehead atoms. The van der Waals surface area contributed by atoms with Gasteiger partial charge >= 0.3 is 0 Å². The van der Waals surface area contributed by atoms with Gasteiger partial charge in [-0.15, -0.1) is 0 Å². The number of hydrogen-bond donors (Lipinski definition) is 3. The average molecular weight is 514 g/mol. The molecule has 0 spiro atoms. The van der Waals surface area contributed by atoms with Crippen LogP contribution in [0.5, 0.6) is 5.75 Å². The summed E-state index contributed by atoms with van der Waals surface area (Å²) in [6.45, 7) is 4.81. The van der Waals surface area contributed by atoms with Crippen molar-refractivity contribution in [2.45, 2.75) is 31.8 Å². The largest absolute Gasteiger partial charge is 0.490 e. The van der Waals surface area contributed by atoms with E-state index in [1.54, 1.807) is 18.2 Å². The van der Waals surface area contributed by atoms with Crippen molar-refractivity contribution in [2.24, 2.45) is 0 Å². The molecule has 0 saturated heterocycles. The van der Waals surface area contributed by atoms with E-state index in [-0.39, 0.29) is 16.1 Å². The molecule has 0 radical (unpaired) electrons. The van der Waals surface area contributed by atoms with E-state index in [2.05, 4.69) is 26.6 Å². The Hall–Kier alpha value is -2.50. The number of sulfonamides is 1. The normalized spacial score (nSPS) is 11.0. The Bertz CT molecular complexity index is 1070. The van der Waals surface area contributed by atoms with Crippen LogP contribution in [0.3, 0.4) is 0 Å². The van der Waals surface area contributed by atoms with Gasteiger partial charge in [-0.05, 0) is 68.5 Å². The number of thiocarbonyl (C=S) groups is 1. The highest BCUT2D eigenvalue weighted by Gasteiger charge is 2.17. The first-order valence-electron chi connectivity index (χ1n) is 8.70. The maximum absolute atomic E-state index is 12.6. The molecule has 0 fully saturated rings. The van der Waals surface area contributed by atoms with Gasteiger partial charge in [0.05, 0.1) is 16.6 Å². The maximum atomic E-state index is 12.6. The Morgan fingerprint density at radius 2 is 1.73 bits per heavy atom. The van der Waals surface area contributed by atoms with Gasteiger partial charge in [0.15, 0.2) is 5.11 Å². The molecule has 0 heterocycles. The summed E-state index contributed by atoms with van der Waals surface area (Å²) in [6, 6.07) is 10.6. The summed E-state index contributed by atoms with van der Waals surface area (Å²) in [5.74, 6) is -0.732. The van der Waals surface area contributed by atoms with Gasteiger partial charge in [0, 0.05) is 17.1 Å². The van der Waals surface area contributed by atoms with Crippen LogP contribution in [-0.2, 0) is 14.8 Å². The summed E-state index contributed by atoms with van der Waals surface area (Å²) in [5, 5.41) is 5.38. The Labute approximate surface area is 188 Å². The second-order valence-electron chi connectivity index (χ2n) is 6.40. The molecule has 0 atom stereocenters. The van der Waals surface area contributed by atoms with Gasteiger partial charge in [-0.1, -0.05) is 15.9 Å². The minimum absolute atomic E-state index is 0.0212. The molecule has 0 unspecified atom stereocenters. The summed E-state index contributed by atoms with van der Waals surface area (Å²) in [6.07, 6.45) is -0.116. The van der Waals surface area contributed by atoms with E-state index >= 15 is 0 Å². The minimum atomic E-state index is -3.93. The predicted octanol–water partition coefficient (Wildman–Crippen LogP) is 3.19. The van der Waals surface area contributed by atoms with Crippen LogP contribution in [0, 0.1) is 0 Å². The monoisotopic (exact) mass is 513 g/mol. The first-order chi connectivity index (χ1) is 14.0. The number of rotatable bonds is 6. The van der Waals surface area contributed by atoms with Gasteiger partial charge in [0.25, 0.3) is 15.9 Å². The molecular weight excluding hydrogens is 494 g/mol. The SMILES string of the molecule is CC(=O)NS(=O)(=O)c1ccc(NC(=S)NC(=O)c2cc(Br)ccc2OC(C)C)cc1. The highest BCUT2D eigenvalue weighted by molar-refractivity contribution is 9.10. The second-order valence-corrected chi connectivity index (χ2v) is 9.41. The molecule has 8 nitrogen and oxygen atoms in total. The highest BCUT2D eigenvalue weighted by Crippen LogP contribution is 2.24. The smallest absolute Gasteiger partial charge is 0.264 e. The summed E-state index contributed by atoms with van der Waals surface area (Å²) >= 11 is 8.50. The predicted molar refractivity (Wildman–Crippen MR) is 121 cm³/mol. The summed E-state index contributed by atoms with van der Waals surface area (Å²) < 4.78 is 32.2. The minimum Gasteiger partial charge on any atom is -0.490 e. The lowest BCUT2D eigenvalue weighted by molar-refractivity contribution is -0.117. The number of ether oxygens (including phenoxy) is 1. The second kappa shape index (κ2) is 10.0. The van der Waals surface area contributed by atoms with Crippen LogP contribution in [0.25, 0.3) is 0 Å². The zero-order valence-electron chi connectivity index (χ0n) is 16.4. The molecule has 2 aromatic rings. The van der Waals surface area contributed by atoms with Crippen molar-refractivity contribution in [2.75, 3.05) is 5.32 Å². The number of halogens is 1. The third kappa shape index (κ3) is 6.78. The fraction of sp³-hybridized carbons (Fsp3) is 0.211. The molecule has 2 aromatic carbocycles. The van der Waals surface area contributed by atoms with E-state index in [4.69, 9.17) is 17.0 Å². The van der Waals surface area contributed by atoms with E-state index < -0.39 is 21.8 Å². The molecule has 3 N–H and O–H groups in total. The van der Waals surface area contributed by atoms with Crippen LogP contribution < -0.4 is 20.1 Å². The zero-order valence-corrected chi connectivity index (χ0v) is 19.6. The summed E-state index contributed by atoms with van der Waals surface area (Å²) in [4.78, 5) is 23.5. The lowest BCUT2D eigenvalue weighted by Crippen LogP contribution is -2.34.